The van der Waals surface area contributed by atoms with Crippen LogP contribution in [0.25, 0.3) is 10.3 Å². The summed E-state index contributed by atoms with van der Waals surface area (Å²) in [4.78, 5) is 37.5. The second-order valence-electron chi connectivity index (χ2n) is 7.37. The highest BCUT2D eigenvalue weighted by atomic mass is 32.2. The molecule has 5 rings (SSSR count). The Hall–Kier alpha value is -3.57. The van der Waals surface area contributed by atoms with Crippen LogP contribution in [0.5, 0.6) is 5.88 Å². The van der Waals surface area contributed by atoms with Crippen molar-refractivity contribution in [3.8, 4) is 5.88 Å². The molecule has 1 N–H and O–H groups in total. The molecule has 200 valence electrons. The zero-order valence-corrected chi connectivity index (χ0v) is 23.8. The summed E-state index contributed by atoms with van der Waals surface area (Å²) in [5, 5.41) is 8.04. The molecule has 1 aliphatic carbocycles. The number of ether oxygens (including phenoxy) is 1. The molecule has 9 nitrogen and oxygen atoms in total. The predicted molar refractivity (Wildman–Crippen MR) is 154 cm³/mol. The quantitative estimate of drug-likeness (QED) is 0.189. The molecule has 1 aromatic carbocycles. The number of anilines is 1. The van der Waals surface area contributed by atoms with Crippen molar-refractivity contribution in [3.05, 3.63) is 66.2 Å². The van der Waals surface area contributed by atoms with Crippen LogP contribution in [0.15, 0.2) is 64.9 Å². The number of thioether (sulfide) groups is 1. The molecule has 0 saturated heterocycles. The molecule has 4 aromatic rings. The SMILES string of the molecule is CC.CC.COc1ccc2nc(NC(=O)/C(=N/OCc3ncccn3)c3ccc(SC4CC4)cc3)sc2n1. The summed E-state index contributed by atoms with van der Waals surface area (Å²) in [6.45, 7) is 8.04. The Morgan fingerprint density at radius 3 is 2.42 bits per heavy atom. The fraction of sp³-hybridized carbons (Fsp3) is 0.333. The number of nitrogens with zero attached hydrogens (tertiary/aromatic N) is 5. The van der Waals surface area contributed by atoms with E-state index >= 15 is 0 Å². The third kappa shape index (κ3) is 8.22. The van der Waals surface area contributed by atoms with Crippen molar-refractivity contribution in [2.45, 2.75) is 57.3 Å². The molecule has 1 fully saturated rings. The number of benzene rings is 1. The van der Waals surface area contributed by atoms with Crippen LogP contribution in [-0.4, -0.2) is 43.9 Å². The molecule has 1 amide bonds. The number of oxime groups is 1. The number of aromatic nitrogens is 4. The summed E-state index contributed by atoms with van der Waals surface area (Å²) < 4.78 is 5.16. The average molecular weight is 553 g/mol. The van der Waals surface area contributed by atoms with Crippen molar-refractivity contribution in [2.75, 3.05) is 12.4 Å². The molecule has 3 aromatic heterocycles. The van der Waals surface area contributed by atoms with Gasteiger partial charge in [-0.25, -0.2) is 19.9 Å². The van der Waals surface area contributed by atoms with Gasteiger partial charge < -0.3 is 9.57 Å². The van der Waals surface area contributed by atoms with Crippen LogP contribution < -0.4 is 10.1 Å². The summed E-state index contributed by atoms with van der Waals surface area (Å²) in [6.07, 6.45) is 5.74. The minimum Gasteiger partial charge on any atom is -0.481 e. The van der Waals surface area contributed by atoms with Gasteiger partial charge in [0.25, 0.3) is 5.91 Å². The molecule has 0 bridgehead atoms. The summed E-state index contributed by atoms with van der Waals surface area (Å²) >= 11 is 3.10. The Balaban J connectivity index is 0.000000956. The van der Waals surface area contributed by atoms with Gasteiger partial charge in [-0.1, -0.05) is 56.3 Å². The van der Waals surface area contributed by atoms with Crippen LogP contribution in [0.1, 0.15) is 51.9 Å². The third-order valence-electron chi connectivity index (χ3n) is 4.80. The van der Waals surface area contributed by atoms with Crippen LogP contribution in [-0.2, 0) is 16.2 Å². The number of methoxy groups -OCH3 is 1. The molecule has 1 aliphatic rings. The molecule has 0 unspecified atom stereocenters. The highest BCUT2D eigenvalue weighted by molar-refractivity contribution is 8.00. The Kier molecular flexibility index (Phi) is 11.4. The van der Waals surface area contributed by atoms with E-state index < -0.39 is 5.91 Å². The standard InChI is InChI=1S/C23H20N6O3S2.2C2H6/c1-31-19-10-9-17-22(27-19)34-23(26-17)28-21(30)20(29-32-13-18-24-11-2-12-25-18)14-3-5-15(6-4-14)33-16-7-8-16;2*1-2/h2-6,9-12,16H,7-8,13H2,1H3,(H,26,28,30);2*1-2H3/b29-20+;;. The lowest BCUT2D eigenvalue weighted by molar-refractivity contribution is -0.110. The van der Waals surface area contributed by atoms with Crippen LogP contribution in [0.4, 0.5) is 5.13 Å². The van der Waals surface area contributed by atoms with Gasteiger partial charge in [-0.2, -0.15) is 0 Å². The second-order valence-corrected chi connectivity index (χ2v) is 9.72. The third-order valence-corrected chi connectivity index (χ3v) is 7.03. The topological polar surface area (TPSA) is 111 Å². The van der Waals surface area contributed by atoms with Gasteiger partial charge in [-0.05, 0) is 37.1 Å². The van der Waals surface area contributed by atoms with E-state index in [1.165, 1.54) is 24.2 Å². The van der Waals surface area contributed by atoms with Gasteiger partial charge in [-0.3, -0.25) is 10.1 Å². The van der Waals surface area contributed by atoms with Crippen LogP contribution in [0, 0.1) is 0 Å². The minimum absolute atomic E-state index is 0.0398. The van der Waals surface area contributed by atoms with E-state index in [4.69, 9.17) is 9.57 Å². The molecule has 1 saturated carbocycles. The van der Waals surface area contributed by atoms with E-state index in [-0.39, 0.29) is 12.3 Å². The largest absolute Gasteiger partial charge is 0.481 e. The van der Waals surface area contributed by atoms with Gasteiger partial charge in [0, 0.05) is 34.2 Å². The first kappa shape index (κ1) is 29.0. The van der Waals surface area contributed by atoms with Gasteiger partial charge in [0.05, 0.1) is 7.11 Å². The highest BCUT2D eigenvalue weighted by Crippen LogP contribution is 2.39. The van der Waals surface area contributed by atoms with Crippen molar-refractivity contribution in [2.24, 2.45) is 5.16 Å². The molecule has 3 heterocycles. The molecule has 0 radical (unpaired) electrons. The average Bonchev–Trinajstić information content (AvgIpc) is 3.70. The molecule has 0 aliphatic heterocycles. The van der Waals surface area contributed by atoms with Gasteiger partial charge in [0.1, 0.15) is 10.3 Å². The number of carbonyl (C=O) groups is 1. The normalized spacial score (nSPS) is 12.5. The zero-order chi connectivity index (χ0) is 27.3. The fourth-order valence-corrected chi connectivity index (χ4v) is 4.85. The Labute approximate surface area is 231 Å². The van der Waals surface area contributed by atoms with E-state index in [1.54, 1.807) is 37.7 Å². The first-order valence-corrected chi connectivity index (χ1v) is 14.2. The predicted octanol–water partition coefficient (Wildman–Crippen LogP) is 6.36. The molecular formula is C27H32N6O3S2. The lowest BCUT2D eigenvalue weighted by Crippen LogP contribution is -2.24. The van der Waals surface area contributed by atoms with Crippen LogP contribution in [0.2, 0.25) is 0 Å². The second kappa shape index (κ2) is 15.0. The number of hydrogen-bond donors (Lipinski definition) is 1. The molecular weight excluding hydrogens is 520 g/mol. The number of thiazole rings is 1. The number of carbonyl (C=O) groups excluding carboxylic acids is 1. The number of nitrogens with one attached hydrogen (secondary N) is 1. The summed E-state index contributed by atoms with van der Waals surface area (Å²) in [5.74, 6) is 0.507. The molecule has 11 heteroatoms. The first-order valence-electron chi connectivity index (χ1n) is 12.5. The maximum absolute atomic E-state index is 13.2. The number of fused-ring (bicyclic) bond motifs is 1. The summed E-state index contributed by atoms with van der Waals surface area (Å²) in [5.41, 5.74) is 1.43. The van der Waals surface area contributed by atoms with Gasteiger partial charge in [0.15, 0.2) is 23.3 Å². The van der Waals surface area contributed by atoms with Crippen molar-refractivity contribution in [1.29, 1.82) is 0 Å². The molecule has 38 heavy (non-hydrogen) atoms. The summed E-state index contributed by atoms with van der Waals surface area (Å²) in [6, 6.07) is 13.0. The van der Waals surface area contributed by atoms with E-state index in [9.17, 15) is 4.79 Å². The van der Waals surface area contributed by atoms with Gasteiger partial charge >= 0.3 is 0 Å². The number of hydrogen-bond acceptors (Lipinski definition) is 10. The van der Waals surface area contributed by atoms with Crippen LogP contribution in [0.3, 0.4) is 0 Å². The Morgan fingerprint density at radius 1 is 1.05 bits per heavy atom. The maximum atomic E-state index is 13.2. The lowest BCUT2D eigenvalue weighted by Gasteiger charge is -2.08. The van der Waals surface area contributed by atoms with Crippen molar-refractivity contribution in [1.82, 2.24) is 19.9 Å². The van der Waals surface area contributed by atoms with E-state index in [2.05, 4.69) is 30.4 Å². The minimum atomic E-state index is -0.442. The lowest BCUT2D eigenvalue weighted by atomic mass is 10.1. The highest BCUT2D eigenvalue weighted by Gasteiger charge is 2.23. The zero-order valence-electron chi connectivity index (χ0n) is 22.2. The van der Waals surface area contributed by atoms with Gasteiger partial charge in [0.2, 0.25) is 5.88 Å². The molecule has 0 atom stereocenters. The van der Waals surface area contributed by atoms with Gasteiger partial charge in [-0.15, -0.1) is 11.8 Å². The number of amides is 1. The van der Waals surface area contributed by atoms with Crippen molar-refractivity contribution < 1.29 is 14.4 Å². The first-order chi connectivity index (χ1) is 18.7. The van der Waals surface area contributed by atoms with Crippen molar-refractivity contribution in [3.63, 3.8) is 0 Å². The summed E-state index contributed by atoms with van der Waals surface area (Å²) in [7, 11) is 1.55. The van der Waals surface area contributed by atoms with E-state index in [1.807, 2.05) is 63.7 Å². The van der Waals surface area contributed by atoms with Crippen molar-refractivity contribution >= 4 is 50.2 Å². The molecule has 0 spiro atoms. The van der Waals surface area contributed by atoms with E-state index in [0.29, 0.717) is 38.0 Å². The number of rotatable bonds is 9. The van der Waals surface area contributed by atoms with Crippen LogP contribution >= 0.6 is 23.1 Å². The fourth-order valence-electron chi connectivity index (χ4n) is 2.98. The smallest absolute Gasteiger partial charge is 0.280 e. The van der Waals surface area contributed by atoms with E-state index in [0.717, 1.165) is 4.90 Å². The number of pyridine rings is 1. The maximum Gasteiger partial charge on any atom is 0.280 e. The Bertz CT molecular complexity index is 1330. The Morgan fingerprint density at radius 2 is 1.76 bits per heavy atom. The monoisotopic (exact) mass is 552 g/mol.